The van der Waals surface area contributed by atoms with Crippen LogP contribution in [-0.2, 0) is 12.8 Å². The van der Waals surface area contributed by atoms with Crippen molar-refractivity contribution in [3.8, 4) is 11.4 Å². The Kier molecular flexibility index (Phi) is 11.7. The third-order valence-electron chi connectivity index (χ3n) is 5.90. The van der Waals surface area contributed by atoms with Gasteiger partial charge in [0.2, 0.25) is 0 Å². The SMILES string of the molecule is C=C/C=c1\c(=C/Cc2ccc(OC(C)C)c(C(=C)C=C)c2)c(CC)c(/C=C\C)n1-c1ccccc1.CC. The van der Waals surface area contributed by atoms with Crippen LogP contribution in [0.15, 0.2) is 86.5 Å². The summed E-state index contributed by atoms with van der Waals surface area (Å²) in [4.78, 5) is 0. The molecule has 0 radical (unpaired) electrons. The fourth-order valence-electron chi connectivity index (χ4n) is 4.38. The molecule has 0 fully saturated rings. The van der Waals surface area contributed by atoms with E-state index < -0.39 is 0 Å². The van der Waals surface area contributed by atoms with Gasteiger partial charge in [-0.05, 0) is 86.7 Å². The van der Waals surface area contributed by atoms with Gasteiger partial charge in [-0.25, -0.2) is 0 Å². The first-order valence-corrected chi connectivity index (χ1v) is 13.3. The van der Waals surface area contributed by atoms with Crippen molar-refractivity contribution in [2.75, 3.05) is 0 Å². The predicted octanol–water partition coefficient (Wildman–Crippen LogP) is 8.08. The molecular formula is C35H43NO. The minimum atomic E-state index is 0.0932. The molecule has 0 bridgehead atoms. The summed E-state index contributed by atoms with van der Waals surface area (Å²) >= 11 is 0. The second kappa shape index (κ2) is 14.7. The molecule has 3 aromatic rings. The van der Waals surface area contributed by atoms with E-state index in [2.05, 4.69) is 98.9 Å². The summed E-state index contributed by atoms with van der Waals surface area (Å²) in [7, 11) is 0. The van der Waals surface area contributed by atoms with E-state index in [1.165, 1.54) is 22.0 Å². The number of allylic oxidation sites excluding steroid dienone is 4. The number of rotatable bonds is 10. The number of aromatic nitrogens is 1. The molecule has 0 aliphatic heterocycles. The van der Waals surface area contributed by atoms with Crippen LogP contribution in [0.1, 0.15) is 63.9 Å². The molecule has 1 aromatic heterocycles. The first-order chi connectivity index (χ1) is 17.9. The standard InChI is InChI=1S/C33H37NO.C2H6/c1-8-15-31-28(11-4)29(32(16-9-2)34(31)27-17-13-12-14-18-27)21-19-26-20-22-33(35-24(5)6)30(23-26)25(7)10-3;1-2/h8-10,12-18,20-24H,2-3,7,11,19H2,1,4-6H3;1-2H3/b15-8-,29-21-,32-16+;. The summed E-state index contributed by atoms with van der Waals surface area (Å²) in [5.74, 6) is 0.842. The van der Waals surface area contributed by atoms with Gasteiger partial charge in [-0.3, -0.25) is 0 Å². The zero-order valence-corrected chi connectivity index (χ0v) is 23.6. The van der Waals surface area contributed by atoms with Gasteiger partial charge in [0.15, 0.2) is 0 Å². The fraction of sp³-hybridized carbons (Fsp3) is 0.257. The summed E-state index contributed by atoms with van der Waals surface area (Å²) in [6.45, 7) is 24.4. The normalized spacial score (nSPS) is 12.0. The van der Waals surface area contributed by atoms with Gasteiger partial charge in [-0.2, -0.15) is 0 Å². The van der Waals surface area contributed by atoms with Crippen LogP contribution in [0.2, 0.25) is 0 Å². The monoisotopic (exact) mass is 493 g/mol. The Bertz CT molecular complexity index is 1350. The molecule has 0 spiro atoms. The van der Waals surface area contributed by atoms with E-state index in [0.29, 0.717) is 0 Å². The van der Waals surface area contributed by atoms with E-state index in [0.717, 1.165) is 40.8 Å². The van der Waals surface area contributed by atoms with E-state index in [-0.39, 0.29) is 6.10 Å². The van der Waals surface area contributed by atoms with Crippen molar-refractivity contribution in [2.45, 2.75) is 60.5 Å². The Hall–Kier alpha value is -3.78. The first kappa shape index (κ1) is 29.5. The largest absolute Gasteiger partial charge is 0.490 e. The third kappa shape index (κ3) is 7.13. The van der Waals surface area contributed by atoms with Gasteiger partial charge in [-0.1, -0.05) is 89.1 Å². The molecule has 2 nitrogen and oxygen atoms in total. The van der Waals surface area contributed by atoms with Crippen LogP contribution in [0.25, 0.3) is 29.5 Å². The van der Waals surface area contributed by atoms with Gasteiger partial charge in [0, 0.05) is 22.2 Å². The number of nitrogens with zero attached hydrogens (tertiary/aromatic N) is 1. The number of hydrogen-bond donors (Lipinski definition) is 0. The van der Waals surface area contributed by atoms with E-state index in [9.17, 15) is 0 Å². The highest BCUT2D eigenvalue weighted by Gasteiger charge is 2.13. The highest BCUT2D eigenvalue weighted by molar-refractivity contribution is 5.76. The van der Waals surface area contributed by atoms with E-state index in [1.54, 1.807) is 6.08 Å². The maximum absolute atomic E-state index is 6.02. The summed E-state index contributed by atoms with van der Waals surface area (Å²) in [5.41, 5.74) is 6.73. The molecule has 194 valence electrons. The maximum atomic E-state index is 6.02. The molecule has 0 aliphatic rings. The van der Waals surface area contributed by atoms with Crippen LogP contribution in [0, 0.1) is 0 Å². The van der Waals surface area contributed by atoms with Crippen LogP contribution >= 0.6 is 0 Å². The maximum Gasteiger partial charge on any atom is 0.127 e. The lowest BCUT2D eigenvalue weighted by molar-refractivity contribution is 0.242. The van der Waals surface area contributed by atoms with Crippen LogP contribution in [0.3, 0.4) is 0 Å². The number of ether oxygens (including phenoxy) is 1. The van der Waals surface area contributed by atoms with Crippen LogP contribution in [0.5, 0.6) is 5.75 Å². The topological polar surface area (TPSA) is 14.2 Å². The van der Waals surface area contributed by atoms with E-state index >= 15 is 0 Å². The quantitative estimate of drug-likeness (QED) is 0.260. The summed E-state index contributed by atoms with van der Waals surface area (Å²) < 4.78 is 8.35. The number of benzene rings is 2. The van der Waals surface area contributed by atoms with Crippen molar-refractivity contribution in [2.24, 2.45) is 0 Å². The average Bonchev–Trinajstić information content (AvgIpc) is 3.21. The van der Waals surface area contributed by atoms with Crippen molar-refractivity contribution in [1.29, 1.82) is 0 Å². The summed E-state index contributed by atoms with van der Waals surface area (Å²) in [6, 6.07) is 16.9. The Balaban J connectivity index is 0.00000235. The third-order valence-corrected chi connectivity index (χ3v) is 5.90. The molecule has 0 atom stereocenters. The fourth-order valence-corrected chi connectivity index (χ4v) is 4.38. The Morgan fingerprint density at radius 3 is 2.32 bits per heavy atom. The molecule has 1 heterocycles. The molecule has 0 N–H and O–H groups in total. The highest BCUT2D eigenvalue weighted by Crippen LogP contribution is 2.28. The highest BCUT2D eigenvalue weighted by atomic mass is 16.5. The average molecular weight is 494 g/mol. The smallest absolute Gasteiger partial charge is 0.127 e. The van der Waals surface area contributed by atoms with Gasteiger partial charge < -0.3 is 9.30 Å². The Morgan fingerprint density at radius 1 is 1.05 bits per heavy atom. The van der Waals surface area contributed by atoms with Crippen LogP contribution in [0.4, 0.5) is 0 Å². The van der Waals surface area contributed by atoms with Crippen molar-refractivity contribution in [1.82, 2.24) is 4.57 Å². The molecule has 0 aliphatic carbocycles. The second-order valence-corrected chi connectivity index (χ2v) is 8.72. The molecule has 0 unspecified atom stereocenters. The summed E-state index contributed by atoms with van der Waals surface area (Å²) in [6.07, 6.45) is 14.2. The van der Waals surface area contributed by atoms with Crippen LogP contribution in [-0.4, -0.2) is 10.7 Å². The Morgan fingerprint density at radius 2 is 1.76 bits per heavy atom. The van der Waals surface area contributed by atoms with Gasteiger partial charge in [0.1, 0.15) is 5.75 Å². The predicted molar refractivity (Wildman–Crippen MR) is 165 cm³/mol. The molecule has 2 aromatic carbocycles. The van der Waals surface area contributed by atoms with Gasteiger partial charge in [0.05, 0.1) is 11.5 Å². The number of hydrogen-bond acceptors (Lipinski definition) is 1. The second-order valence-electron chi connectivity index (χ2n) is 8.72. The number of para-hydroxylation sites is 1. The van der Waals surface area contributed by atoms with Crippen molar-refractivity contribution in [3.63, 3.8) is 0 Å². The minimum absolute atomic E-state index is 0.0932. The molecule has 0 saturated carbocycles. The molecule has 0 amide bonds. The molecular weight excluding hydrogens is 450 g/mol. The van der Waals surface area contributed by atoms with Gasteiger partial charge >= 0.3 is 0 Å². The zero-order valence-electron chi connectivity index (χ0n) is 23.6. The zero-order chi connectivity index (χ0) is 27.4. The lowest BCUT2D eigenvalue weighted by Crippen LogP contribution is -2.29. The molecule has 3 rings (SSSR count). The van der Waals surface area contributed by atoms with Crippen molar-refractivity contribution < 1.29 is 4.74 Å². The first-order valence-electron chi connectivity index (χ1n) is 13.3. The summed E-state index contributed by atoms with van der Waals surface area (Å²) in [5, 5.41) is 2.39. The molecule has 37 heavy (non-hydrogen) atoms. The minimum Gasteiger partial charge on any atom is -0.490 e. The van der Waals surface area contributed by atoms with Crippen molar-refractivity contribution in [3.05, 3.63) is 119 Å². The lowest BCUT2D eigenvalue weighted by Gasteiger charge is -2.15. The Labute approximate surface area is 224 Å². The molecule has 2 heteroatoms. The lowest BCUT2D eigenvalue weighted by atomic mass is 10.0. The molecule has 0 saturated heterocycles. The van der Waals surface area contributed by atoms with Gasteiger partial charge in [-0.15, -0.1) is 0 Å². The van der Waals surface area contributed by atoms with E-state index in [1.807, 2.05) is 45.9 Å². The van der Waals surface area contributed by atoms with Crippen molar-refractivity contribution >= 4 is 23.8 Å². The van der Waals surface area contributed by atoms with E-state index in [4.69, 9.17) is 4.74 Å². The van der Waals surface area contributed by atoms with Crippen LogP contribution < -0.4 is 15.3 Å². The van der Waals surface area contributed by atoms with Gasteiger partial charge in [0.25, 0.3) is 0 Å².